The van der Waals surface area contributed by atoms with E-state index < -0.39 is 0 Å². The molecule has 0 radical (unpaired) electrons. The number of benzene rings is 16. The number of rotatable bonds is 13. The highest BCUT2D eigenvalue weighted by Crippen LogP contribution is 2.44. The Morgan fingerprint density at radius 3 is 1.09 bits per heavy atom. The first kappa shape index (κ1) is 77.5. The number of thiophene rings is 1. The molecule has 9 aromatic heterocycles. The second-order valence-electron chi connectivity index (χ2n) is 32.3. The van der Waals surface area contributed by atoms with Gasteiger partial charge in [-0.25, -0.2) is 19.9 Å². The van der Waals surface area contributed by atoms with E-state index in [-0.39, 0.29) is 0 Å². The van der Waals surface area contributed by atoms with Crippen LogP contribution in [0.5, 0.6) is 0 Å². The lowest BCUT2D eigenvalue weighted by atomic mass is 9.93. The maximum absolute atomic E-state index is 5.17. The summed E-state index contributed by atoms with van der Waals surface area (Å²) in [6, 6.07) is 147. The second kappa shape index (κ2) is 34.0. The van der Waals surface area contributed by atoms with E-state index in [4.69, 9.17) is 19.9 Å². The van der Waals surface area contributed by atoms with E-state index in [0.717, 1.165) is 150 Å². The predicted molar refractivity (Wildman–Crippen MR) is 539 cm³/mol. The van der Waals surface area contributed by atoms with E-state index in [0.29, 0.717) is 0 Å². The fourth-order valence-electron chi connectivity index (χ4n) is 18.2. The monoisotopic (exact) mass is 1680 g/mol. The summed E-state index contributed by atoms with van der Waals surface area (Å²) < 4.78 is 4.59. The van der Waals surface area contributed by atoms with Gasteiger partial charge in [0.15, 0.2) is 5.82 Å². The minimum Gasteiger partial charge on any atom is -0.292 e. The molecule has 11 heteroatoms. The average Bonchev–Trinajstić information content (AvgIpc) is 1.44. The van der Waals surface area contributed by atoms with E-state index >= 15 is 0 Å². The van der Waals surface area contributed by atoms with Crippen molar-refractivity contribution in [1.82, 2.24) is 49.4 Å². The number of aromatic nitrogens is 10. The van der Waals surface area contributed by atoms with Crippen molar-refractivity contribution in [1.29, 1.82) is 0 Å². The molecule has 0 unspecified atom stereocenters. The molecule has 0 bridgehead atoms. The maximum atomic E-state index is 5.17. The van der Waals surface area contributed by atoms with Gasteiger partial charge < -0.3 is 0 Å². The topological polar surface area (TPSA) is 121 Å². The fraction of sp³-hybridized carbons (Fsp3) is 0. The molecule has 0 N–H and O–H groups in total. The van der Waals surface area contributed by atoms with Crippen LogP contribution in [0.2, 0.25) is 0 Å². The minimum atomic E-state index is 0.736. The summed E-state index contributed by atoms with van der Waals surface area (Å²) in [4.78, 5) is 42.8. The van der Waals surface area contributed by atoms with E-state index in [1.54, 1.807) is 36.1 Å². The molecule has 0 saturated heterocycles. The highest BCUT2D eigenvalue weighted by atomic mass is 32.1. The Morgan fingerprint density at radius 1 is 0.215 bits per heavy atom. The van der Waals surface area contributed by atoms with Gasteiger partial charge in [0.25, 0.3) is 0 Å². The van der Waals surface area contributed by atoms with Crippen molar-refractivity contribution in [2.75, 3.05) is 0 Å². The Labute approximate surface area is 753 Å². The number of pyridine rings is 6. The number of hydrogen-bond donors (Lipinski definition) is 0. The third-order valence-electron chi connectivity index (χ3n) is 24.5. The second-order valence-corrected chi connectivity index (χ2v) is 33.4. The van der Waals surface area contributed by atoms with E-state index in [9.17, 15) is 0 Å². The summed E-state index contributed by atoms with van der Waals surface area (Å²) in [5.41, 5.74) is 31.7. The zero-order chi connectivity index (χ0) is 86.2. The summed E-state index contributed by atoms with van der Waals surface area (Å²) in [5, 5.41) is 11.8. The van der Waals surface area contributed by atoms with Crippen LogP contribution in [-0.4, -0.2) is 49.4 Å². The summed E-state index contributed by atoms with van der Waals surface area (Å²) in [5.74, 6) is 1.67. The van der Waals surface area contributed by atoms with Crippen molar-refractivity contribution < 1.29 is 0 Å². The molecule has 0 atom stereocenters. The van der Waals surface area contributed by atoms with Crippen molar-refractivity contribution in [2.24, 2.45) is 0 Å². The van der Waals surface area contributed by atoms with Crippen LogP contribution in [0.25, 0.3) is 236 Å². The molecule has 0 fully saturated rings. The first-order valence-corrected chi connectivity index (χ1v) is 44.3. The number of imidazole rings is 1. The molecule has 0 aliphatic heterocycles. The highest BCUT2D eigenvalue weighted by molar-refractivity contribution is 7.26. The highest BCUT2D eigenvalue weighted by Gasteiger charge is 2.22. The molecule has 0 aliphatic rings. The third kappa shape index (κ3) is 14.9. The Kier molecular flexibility index (Phi) is 20.3. The van der Waals surface area contributed by atoms with E-state index in [1.807, 2.05) is 79.3 Å². The summed E-state index contributed by atoms with van der Waals surface area (Å²) in [6.45, 7) is 0. The van der Waals surface area contributed by atoms with E-state index in [1.165, 1.54) is 86.9 Å². The molecule has 10 nitrogen and oxygen atoms in total. The van der Waals surface area contributed by atoms with Crippen LogP contribution in [0.1, 0.15) is 0 Å². The van der Waals surface area contributed by atoms with Gasteiger partial charge in [-0.3, -0.25) is 29.5 Å². The lowest BCUT2D eigenvalue weighted by Gasteiger charge is -2.12. The Hall–Kier alpha value is -17.3. The van der Waals surface area contributed by atoms with Gasteiger partial charge >= 0.3 is 0 Å². The molecule has 0 amide bonds. The normalized spacial score (nSPS) is 11.4. The molecule has 25 rings (SSSR count). The van der Waals surface area contributed by atoms with Crippen molar-refractivity contribution in [3.05, 3.63) is 462 Å². The van der Waals surface area contributed by atoms with Crippen molar-refractivity contribution in [3.63, 3.8) is 0 Å². The zero-order valence-electron chi connectivity index (χ0n) is 70.3. The van der Waals surface area contributed by atoms with Crippen LogP contribution in [0.15, 0.2) is 462 Å². The Bertz CT molecular complexity index is 8530. The van der Waals surface area contributed by atoms with Crippen LogP contribution in [0.3, 0.4) is 0 Å². The molecule has 25 aromatic rings. The van der Waals surface area contributed by atoms with Gasteiger partial charge in [0.2, 0.25) is 0 Å². The number of nitrogens with zero attached hydrogens (tertiary/aromatic N) is 10. The molecule has 608 valence electrons. The first-order valence-electron chi connectivity index (χ1n) is 43.5. The number of hydrogen-bond acceptors (Lipinski definition) is 10. The lowest BCUT2D eigenvalue weighted by Crippen LogP contribution is -1.97. The molecular formula is C119H76N10S. The molecule has 0 aliphatic carbocycles. The standard InChI is InChI=1S/C41H25N3S.C40H26N4.C38H25N3/c1-2-10-28(11-3-1)38-40-39(34-17-6-7-18-36(34)45-40)44-41(43-38)31-13-8-12-29(24-31)26-19-21-27(22-20-26)35-25-30-14-9-23-42-37(30)33-16-5-4-15-32(33)35;1-2-9-36-35(8-1)37(24-33-7-4-18-43-40(33)36)28-12-10-27(11-13-28)31-5-3-6-32(23-31)34-25-38(29-14-19-41-20-15-29)44-39(26-34)30-16-21-42-22-17-30;1-2-13-31(14-3-1)41-36-18-7-6-17-35(36)40-38(41)30-11-8-10-28(24-30)26-19-21-27(22-20-26)34-25-29-12-9-23-39-37(29)33-16-5-4-15-32(33)34/h1-25H;1-26H;1-25H. The molecule has 130 heavy (non-hydrogen) atoms. The Morgan fingerprint density at radius 2 is 0.600 bits per heavy atom. The van der Waals surface area contributed by atoms with Crippen LogP contribution in [-0.2, 0) is 0 Å². The number of fused-ring (bicyclic) bond motifs is 13. The van der Waals surface area contributed by atoms with Crippen molar-refractivity contribution >= 4 is 108 Å². The lowest BCUT2D eigenvalue weighted by molar-refractivity contribution is 1.10. The van der Waals surface area contributed by atoms with Gasteiger partial charge in [-0.1, -0.05) is 297 Å². The summed E-state index contributed by atoms with van der Waals surface area (Å²) in [7, 11) is 0. The van der Waals surface area contributed by atoms with E-state index in [2.05, 4.69) is 387 Å². The third-order valence-corrected chi connectivity index (χ3v) is 25.6. The van der Waals surface area contributed by atoms with Crippen LogP contribution in [0.4, 0.5) is 0 Å². The summed E-state index contributed by atoms with van der Waals surface area (Å²) >= 11 is 1.76. The van der Waals surface area contributed by atoms with Gasteiger partial charge in [0, 0.05) is 119 Å². The van der Waals surface area contributed by atoms with Crippen LogP contribution >= 0.6 is 11.3 Å². The van der Waals surface area contributed by atoms with Crippen molar-refractivity contribution in [3.8, 4) is 140 Å². The van der Waals surface area contributed by atoms with Crippen molar-refractivity contribution in [2.45, 2.75) is 0 Å². The molecule has 16 aromatic carbocycles. The zero-order valence-corrected chi connectivity index (χ0v) is 71.1. The molecule has 9 heterocycles. The average molecular weight is 1680 g/mol. The minimum absolute atomic E-state index is 0.736. The smallest absolute Gasteiger partial charge is 0.160 e. The van der Waals surface area contributed by atoms with Crippen LogP contribution in [0, 0.1) is 0 Å². The maximum Gasteiger partial charge on any atom is 0.160 e. The molecule has 0 spiro atoms. The van der Waals surface area contributed by atoms with Gasteiger partial charge in [-0.2, -0.15) is 0 Å². The fourth-order valence-corrected chi connectivity index (χ4v) is 19.3. The van der Waals surface area contributed by atoms with Crippen LogP contribution < -0.4 is 0 Å². The SMILES string of the molecule is c1cc(-c2ccc(-c3cc4cccnc4c4ccccc34)cc2)cc(-c2cc(-c3ccncc3)nc(-c3ccncc3)c2)c1.c1ccc(-c2nc(-c3cccc(-c4ccc(-c5cc6cccnc6c6ccccc56)cc4)c3)nc3c2sc2ccccc23)cc1.c1ccc(-n2c(-c3cccc(-c4ccc(-c5cc6cccnc6c6ccccc56)cc4)c3)nc3ccccc32)cc1. The molecule has 0 saturated carbocycles. The first-order chi connectivity index (χ1) is 64.4. The quantitative estimate of drug-likeness (QED) is 0.104. The van der Waals surface area contributed by atoms with Gasteiger partial charge in [0.05, 0.1) is 54.9 Å². The molecular weight excluding hydrogens is 1600 g/mol. The van der Waals surface area contributed by atoms with Gasteiger partial charge in [-0.05, 0) is 215 Å². The predicted octanol–water partition coefficient (Wildman–Crippen LogP) is 30.8. The number of para-hydroxylation sites is 3. The Balaban J connectivity index is 0.000000111. The van der Waals surface area contributed by atoms with Gasteiger partial charge in [0.1, 0.15) is 5.82 Å². The summed E-state index contributed by atoms with van der Waals surface area (Å²) in [6.07, 6.45) is 12.8. The largest absolute Gasteiger partial charge is 0.292 e. The van der Waals surface area contributed by atoms with Gasteiger partial charge in [-0.15, -0.1) is 11.3 Å².